The third-order valence-electron chi connectivity index (χ3n) is 4.76. The quantitative estimate of drug-likeness (QED) is 0.893. The number of urea groups is 1. The molecule has 0 aromatic carbocycles. The summed E-state index contributed by atoms with van der Waals surface area (Å²) in [7, 11) is 0. The number of aryl methyl sites for hydroxylation is 1. The van der Waals surface area contributed by atoms with E-state index in [-0.39, 0.29) is 6.03 Å². The molecule has 0 unspecified atom stereocenters. The molecule has 7 heteroatoms. The highest BCUT2D eigenvalue weighted by Crippen LogP contribution is 2.15. The molecular weight excluding hydrogens is 294 g/mol. The molecule has 0 saturated carbocycles. The first-order valence-electron chi connectivity index (χ1n) is 8.79. The number of carbonyl (C=O) groups is 1. The van der Waals surface area contributed by atoms with E-state index in [9.17, 15) is 4.79 Å². The lowest BCUT2D eigenvalue weighted by Gasteiger charge is -2.24. The Hall–Kier alpha value is -1.63. The smallest absolute Gasteiger partial charge is 0.317 e. The van der Waals surface area contributed by atoms with Crippen molar-refractivity contribution in [2.24, 2.45) is 5.92 Å². The second-order valence-electron chi connectivity index (χ2n) is 6.42. The van der Waals surface area contributed by atoms with Crippen molar-refractivity contribution in [1.29, 1.82) is 0 Å². The van der Waals surface area contributed by atoms with Gasteiger partial charge < -0.3 is 19.5 Å². The normalized spacial score (nSPS) is 20.8. The van der Waals surface area contributed by atoms with Crippen molar-refractivity contribution in [3.05, 3.63) is 11.6 Å². The average molecular weight is 321 g/mol. The van der Waals surface area contributed by atoms with E-state index in [1.807, 2.05) is 11.8 Å². The van der Waals surface area contributed by atoms with Crippen LogP contribution >= 0.6 is 0 Å². The lowest BCUT2D eigenvalue weighted by Crippen LogP contribution is -2.42. The number of aromatic nitrogens is 3. The fraction of sp³-hybridized carbons (Fsp3) is 0.812. The molecule has 1 aromatic heterocycles. The minimum Gasteiger partial charge on any atom is -0.381 e. The van der Waals surface area contributed by atoms with Gasteiger partial charge in [-0.1, -0.05) is 6.42 Å². The molecule has 1 atom stereocenters. The van der Waals surface area contributed by atoms with E-state index in [0.29, 0.717) is 19.0 Å². The number of nitrogens with zero attached hydrogens (tertiary/aromatic N) is 4. The van der Waals surface area contributed by atoms with Gasteiger partial charge in [0.2, 0.25) is 0 Å². The van der Waals surface area contributed by atoms with Gasteiger partial charge >= 0.3 is 6.03 Å². The van der Waals surface area contributed by atoms with Gasteiger partial charge in [0, 0.05) is 38.6 Å². The molecule has 0 aliphatic carbocycles. The van der Waals surface area contributed by atoms with Gasteiger partial charge in [0.05, 0.1) is 13.2 Å². The van der Waals surface area contributed by atoms with Crippen LogP contribution in [0.15, 0.2) is 0 Å². The number of hydrogen-bond acceptors (Lipinski definition) is 4. The van der Waals surface area contributed by atoms with Crippen molar-refractivity contribution in [3.8, 4) is 0 Å². The number of rotatable bonds is 5. The summed E-state index contributed by atoms with van der Waals surface area (Å²) in [6.07, 6.45) is 5.61. The molecule has 1 fully saturated rings. The van der Waals surface area contributed by atoms with E-state index in [1.54, 1.807) is 0 Å². The number of carbonyl (C=O) groups excluding carboxylic acids is 1. The molecular formula is C16H27N5O2. The van der Waals surface area contributed by atoms with Crippen molar-refractivity contribution in [3.63, 3.8) is 0 Å². The van der Waals surface area contributed by atoms with Crippen LogP contribution in [-0.2, 0) is 24.2 Å². The summed E-state index contributed by atoms with van der Waals surface area (Å²) < 4.78 is 7.57. The first kappa shape index (κ1) is 16.2. The number of nitrogens with one attached hydrogen (secondary N) is 1. The van der Waals surface area contributed by atoms with Crippen LogP contribution < -0.4 is 5.32 Å². The molecule has 2 amide bonds. The van der Waals surface area contributed by atoms with E-state index in [1.165, 1.54) is 12.8 Å². The summed E-state index contributed by atoms with van der Waals surface area (Å²) in [5, 5.41) is 11.5. The Balaban J connectivity index is 1.54. The third kappa shape index (κ3) is 4.02. The Morgan fingerprint density at radius 2 is 2.30 bits per heavy atom. The SMILES string of the molecule is CCN(C[C@@H]1CCOC1)C(=O)NCc1nnc2n1CCCCC2. The molecule has 2 aliphatic rings. The third-order valence-corrected chi connectivity index (χ3v) is 4.76. The minimum atomic E-state index is -0.0228. The Morgan fingerprint density at radius 3 is 3.09 bits per heavy atom. The van der Waals surface area contributed by atoms with E-state index in [0.717, 1.165) is 57.2 Å². The van der Waals surface area contributed by atoms with Crippen molar-refractivity contribution in [2.45, 2.75) is 52.1 Å². The van der Waals surface area contributed by atoms with Crippen molar-refractivity contribution in [2.75, 3.05) is 26.3 Å². The molecule has 0 bridgehead atoms. The molecule has 0 spiro atoms. The summed E-state index contributed by atoms with van der Waals surface area (Å²) in [4.78, 5) is 14.3. The Morgan fingerprint density at radius 1 is 1.39 bits per heavy atom. The van der Waals surface area contributed by atoms with E-state index in [4.69, 9.17) is 4.74 Å². The van der Waals surface area contributed by atoms with Crippen LogP contribution in [0.3, 0.4) is 0 Å². The van der Waals surface area contributed by atoms with Crippen molar-refractivity contribution < 1.29 is 9.53 Å². The van der Waals surface area contributed by atoms with Gasteiger partial charge in [-0.15, -0.1) is 10.2 Å². The number of fused-ring (bicyclic) bond motifs is 1. The fourth-order valence-electron chi connectivity index (χ4n) is 3.34. The van der Waals surface area contributed by atoms with Gasteiger partial charge in [-0.2, -0.15) is 0 Å². The minimum absolute atomic E-state index is 0.0228. The van der Waals surface area contributed by atoms with Crippen molar-refractivity contribution in [1.82, 2.24) is 25.0 Å². The van der Waals surface area contributed by atoms with E-state index < -0.39 is 0 Å². The zero-order valence-corrected chi connectivity index (χ0v) is 14.0. The predicted octanol–water partition coefficient (Wildman–Crippen LogP) is 1.57. The summed E-state index contributed by atoms with van der Waals surface area (Å²) in [5.74, 6) is 2.39. The van der Waals surface area contributed by atoms with Gasteiger partial charge in [0.15, 0.2) is 5.82 Å². The van der Waals surface area contributed by atoms with Crippen LogP contribution in [0.1, 0.15) is 44.3 Å². The Kier molecular flexibility index (Phi) is 5.48. The van der Waals surface area contributed by atoms with Gasteiger partial charge in [0.25, 0.3) is 0 Å². The summed E-state index contributed by atoms with van der Waals surface area (Å²) in [5.41, 5.74) is 0. The average Bonchev–Trinajstić information content (AvgIpc) is 3.15. The topological polar surface area (TPSA) is 72.3 Å². The first-order chi connectivity index (χ1) is 11.3. The largest absolute Gasteiger partial charge is 0.381 e. The molecule has 1 saturated heterocycles. The molecule has 3 rings (SSSR count). The predicted molar refractivity (Wildman–Crippen MR) is 86.0 cm³/mol. The molecule has 23 heavy (non-hydrogen) atoms. The van der Waals surface area contributed by atoms with Crippen LogP contribution in [0.4, 0.5) is 4.79 Å². The number of amides is 2. The molecule has 1 N–H and O–H groups in total. The highest BCUT2D eigenvalue weighted by Gasteiger charge is 2.22. The summed E-state index contributed by atoms with van der Waals surface area (Å²) in [6, 6.07) is -0.0228. The van der Waals surface area contributed by atoms with Crippen LogP contribution in [0.25, 0.3) is 0 Å². The van der Waals surface area contributed by atoms with Gasteiger partial charge in [-0.3, -0.25) is 0 Å². The fourth-order valence-corrected chi connectivity index (χ4v) is 3.34. The second-order valence-corrected chi connectivity index (χ2v) is 6.42. The molecule has 3 heterocycles. The Bertz CT molecular complexity index is 525. The van der Waals surface area contributed by atoms with Crippen molar-refractivity contribution >= 4 is 6.03 Å². The summed E-state index contributed by atoms with van der Waals surface area (Å²) >= 11 is 0. The van der Waals surface area contributed by atoms with E-state index >= 15 is 0 Å². The van der Waals surface area contributed by atoms with Gasteiger partial charge in [-0.25, -0.2) is 4.79 Å². The van der Waals surface area contributed by atoms with Crippen LogP contribution in [0.5, 0.6) is 0 Å². The van der Waals surface area contributed by atoms with Gasteiger partial charge in [0.1, 0.15) is 5.82 Å². The Labute approximate surface area is 137 Å². The highest BCUT2D eigenvalue weighted by atomic mass is 16.5. The maximum atomic E-state index is 12.4. The van der Waals surface area contributed by atoms with E-state index in [2.05, 4.69) is 20.1 Å². The first-order valence-corrected chi connectivity index (χ1v) is 8.79. The molecule has 7 nitrogen and oxygen atoms in total. The molecule has 128 valence electrons. The number of hydrogen-bond donors (Lipinski definition) is 1. The zero-order chi connectivity index (χ0) is 16.1. The summed E-state index contributed by atoms with van der Waals surface area (Å²) in [6.45, 7) is 6.48. The zero-order valence-electron chi connectivity index (χ0n) is 14.0. The van der Waals surface area contributed by atoms with Crippen LogP contribution in [0, 0.1) is 5.92 Å². The standard InChI is InChI=1S/C16H27N5O2/c1-2-20(11-13-7-9-23-12-13)16(22)17-10-15-19-18-14-6-4-3-5-8-21(14)15/h13H,2-12H2,1H3,(H,17,22)/t13-/m0/s1. The van der Waals surface area contributed by atoms with Crippen LogP contribution in [0.2, 0.25) is 0 Å². The van der Waals surface area contributed by atoms with Crippen LogP contribution in [-0.4, -0.2) is 52.0 Å². The maximum absolute atomic E-state index is 12.4. The highest BCUT2D eigenvalue weighted by molar-refractivity contribution is 5.74. The molecule has 0 radical (unpaired) electrons. The monoisotopic (exact) mass is 321 g/mol. The lowest BCUT2D eigenvalue weighted by atomic mass is 10.1. The second kappa shape index (κ2) is 7.77. The maximum Gasteiger partial charge on any atom is 0.317 e. The molecule has 2 aliphatic heterocycles. The van der Waals surface area contributed by atoms with Gasteiger partial charge in [-0.05, 0) is 26.2 Å². The number of ether oxygens (including phenoxy) is 1. The lowest BCUT2D eigenvalue weighted by molar-refractivity contribution is 0.166. The molecule has 1 aromatic rings.